The number of hydrogen-bond donors (Lipinski definition) is 0. The van der Waals surface area contributed by atoms with E-state index in [0.29, 0.717) is 11.8 Å². The van der Waals surface area contributed by atoms with Crippen molar-refractivity contribution in [1.82, 2.24) is 0 Å². The van der Waals surface area contributed by atoms with Gasteiger partial charge in [0.05, 0.1) is 0 Å². The van der Waals surface area contributed by atoms with Crippen LogP contribution < -0.4 is 4.90 Å². The van der Waals surface area contributed by atoms with Crippen LogP contribution in [0.1, 0.15) is 131 Å². The molecule has 0 N–H and O–H groups in total. The third-order valence-corrected chi connectivity index (χ3v) is 19.8. The van der Waals surface area contributed by atoms with Crippen LogP contribution in [-0.2, 0) is 16.2 Å². The van der Waals surface area contributed by atoms with Gasteiger partial charge in [-0.2, -0.15) is 0 Å². The lowest BCUT2D eigenvalue weighted by Crippen LogP contribution is -2.25. The van der Waals surface area contributed by atoms with Crippen LogP contribution in [0.5, 0.6) is 0 Å². The molecular weight excluding hydrogens is 1060 g/mol. The summed E-state index contributed by atoms with van der Waals surface area (Å²) in [4.78, 5) is 2.41. The quantitative estimate of drug-likeness (QED) is 0.110. The summed E-state index contributed by atoms with van der Waals surface area (Å²) in [5.41, 5.74) is 31.1. The highest BCUT2D eigenvalue weighted by Gasteiger charge is 2.46. The van der Waals surface area contributed by atoms with E-state index in [4.69, 9.17) is 0 Å². The van der Waals surface area contributed by atoms with Crippen molar-refractivity contribution in [2.24, 2.45) is 5.92 Å². The maximum absolute atomic E-state index is 2.44. The molecule has 15 rings (SSSR count). The smallest absolute Gasteiger partial charge is 0.0462 e. The van der Waals surface area contributed by atoms with Crippen molar-refractivity contribution in [3.05, 3.63) is 375 Å². The van der Waals surface area contributed by atoms with Gasteiger partial charge in [0.1, 0.15) is 0 Å². The van der Waals surface area contributed by atoms with Crippen molar-refractivity contribution < 1.29 is 0 Å². The zero-order valence-electron chi connectivity index (χ0n) is 51.0. The molecule has 0 saturated heterocycles. The Hall–Kier alpha value is -10.1. The van der Waals surface area contributed by atoms with Crippen LogP contribution in [0.25, 0.3) is 57.2 Å². The first-order valence-electron chi connectivity index (χ1n) is 31.3. The van der Waals surface area contributed by atoms with E-state index in [1.807, 2.05) is 0 Å². The molecule has 2 atom stereocenters. The Morgan fingerprint density at radius 1 is 0.330 bits per heavy atom. The number of rotatable bonds is 12. The van der Waals surface area contributed by atoms with Gasteiger partial charge >= 0.3 is 0 Å². The Labute approximate surface area is 520 Å². The van der Waals surface area contributed by atoms with Crippen molar-refractivity contribution in [3.8, 4) is 22.3 Å². The first-order valence-corrected chi connectivity index (χ1v) is 31.3. The second-order valence-electron chi connectivity index (χ2n) is 26.0. The van der Waals surface area contributed by atoms with Crippen LogP contribution >= 0.6 is 0 Å². The fourth-order valence-corrected chi connectivity index (χ4v) is 15.4. The molecule has 2 unspecified atom stereocenters. The van der Waals surface area contributed by atoms with E-state index in [1.165, 1.54) is 106 Å². The summed E-state index contributed by atoms with van der Waals surface area (Å²) >= 11 is 0. The van der Waals surface area contributed by atoms with E-state index < -0.39 is 0 Å². The predicted octanol–water partition coefficient (Wildman–Crippen LogP) is 22.7. The van der Waals surface area contributed by atoms with Crippen LogP contribution in [0.3, 0.4) is 0 Å². The Balaban J connectivity index is 0.847. The average Bonchev–Trinajstić information content (AvgIpc) is 1.83. The molecule has 0 heterocycles. The molecule has 0 aromatic heterocycles. The van der Waals surface area contributed by atoms with Gasteiger partial charge in [0.15, 0.2) is 0 Å². The first-order chi connectivity index (χ1) is 42.9. The Kier molecular flexibility index (Phi) is 13.5. The van der Waals surface area contributed by atoms with E-state index >= 15 is 0 Å². The molecule has 4 aliphatic carbocycles. The number of fused-ring (bicyclic) bond motifs is 9. The fraction of sp³-hybridized carbons (Fsp3) is 0.126. The number of nitrogens with zero attached hydrogens (tertiary/aromatic N) is 1. The third kappa shape index (κ3) is 9.23. The van der Waals surface area contributed by atoms with Crippen molar-refractivity contribution in [1.29, 1.82) is 0 Å². The highest BCUT2D eigenvalue weighted by Crippen LogP contribution is 2.57. The van der Waals surface area contributed by atoms with Crippen molar-refractivity contribution in [2.75, 3.05) is 4.90 Å². The molecule has 11 aromatic rings. The van der Waals surface area contributed by atoms with Gasteiger partial charge in [0.25, 0.3) is 0 Å². The normalized spacial score (nSPS) is 17.1. The van der Waals surface area contributed by atoms with Crippen molar-refractivity contribution >= 4 is 52.0 Å². The Morgan fingerprint density at radius 2 is 0.682 bits per heavy atom. The summed E-state index contributed by atoms with van der Waals surface area (Å²) in [5, 5.41) is 0. The summed E-state index contributed by atoms with van der Waals surface area (Å²) in [6.45, 7) is 14.3. The lowest BCUT2D eigenvalue weighted by molar-refractivity contribution is 0.394. The van der Waals surface area contributed by atoms with Crippen LogP contribution in [-0.4, -0.2) is 0 Å². The molecule has 0 saturated carbocycles. The second-order valence-corrected chi connectivity index (χ2v) is 26.0. The first kappa shape index (κ1) is 54.6. The molecule has 4 aliphatic rings. The third-order valence-electron chi connectivity index (χ3n) is 19.8. The molecule has 1 nitrogen and oxygen atoms in total. The lowest BCUT2D eigenvalue weighted by atomic mass is 9.73. The zero-order chi connectivity index (χ0) is 59.7. The van der Waals surface area contributed by atoms with Crippen LogP contribution in [0.2, 0.25) is 0 Å². The Morgan fingerprint density at radius 3 is 1.11 bits per heavy atom. The van der Waals surface area contributed by atoms with Gasteiger partial charge in [-0.1, -0.05) is 296 Å². The number of hydrogen-bond acceptors (Lipinski definition) is 1. The Bertz CT molecular complexity index is 4440. The fourth-order valence-electron chi connectivity index (χ4n) is 15.4. The van der Waals surface area contributed by atoms with Gasteiger partial charge in [0, 0.05) is 33.8 Å². The van der Waals surface area contributed by atoms with E-state index in [0.717, 1.165) is 33.8 Å². The van der Waals surface area contributed by atoms with Gasteiger partial charge in [-0.3, -0.25) is 0 Å². The highest BCUT2D eigenvalue weighted by atomic mass is 15.1. The molecule has 0 spiro atoms. The maximum atomic E-state index is 2.44. The van der Waals surface area contributed by atoms with E-state index in [1.54, 1.807) is 0 Å². The molecule has 0 radical (unpaired) electrons. The molecule has 0 bridgehead atoms. The SMILES string of the molecule is CC1(C)c2ccccc2-c2c(/C(=C/c3ccc(N(c4ccc(/C=C(\c5ccccc5)c5cccc6c5-c5ccccc5C6(C)C)cc4)c4ccc(/C=C(\c5ccccc5)c5cccc6c5C(C)(C)C5C=CC=CC65)cc4)cc3)c3ccccc3)cccc21. The van der Waals surface area contributed by atoms with E-state index in [9.17, 15) is 0 Å². The summed E-state index contributed by atoms with van der Waals surface area (Å²) in [7, 11) is 0. The minimum Gasteiger partial charge on any atom is -0.311 e. The van der Waals surface area contributed by atoms with Crippen LogP contribution in [0, 0.1) is 5.92 Å². The van der Waals surface area contributed by atoms with Crippen LogP contribution in [0.15, 0.2) is 291 Å². The zero-order valence-corrected chi connectivity index (χ0v) is 51.0. The minimum absolute atomic E-state index is 0.0467. The molecule has 424 valence electrons. The standard InChI is InChI=1S/C87H71N/c1-85(2)78-39-20-17-32-72(78)82-68(34-23-41-80(82)85)74(61-25-10-7-11-26-61)55-58-43-49-64(50-44-58)88(65-51-45-59(46-52-65)56-75(62-27-12-8-13-28-62)69-35-24-42-81-83(69)73-33-18-21-40-79(73)86(81,3)4)66-53-47-60(48-54-66)57-76(63-29-14-9-15-30-63)71-37-22-36-70-67-31-16-19-38-77(67)87(5,6)84(70)71/h7-57,67,77H,1-6H3/b74-55+,75-56+,76-57+. The second kappa shape index (κ2) is 21.7. The van der Waals surface area contributed by atoms with Gasteiger partial charge in [0.2, 0.25) is 0 Å². The van der Waals surface area contributed by atoms with E-state index in [-0.39, 0.29) is 16.2 Å². The van der Waals surface area contributed by atoms with Gasteiger partial charge in [-0.25, -0.2) is 0 Å². The minimum atomic E-state index is -0.105. The molecule has 0 amide bonds. The molecule has 0 aliphatic heterocycles. The molecule has 0 fully saturated rings. The number of allylic oxidation sites excluding steroid dienone is 4. The van der Waals surface area contributed by atoms with Crippen LogP contribution in [0.4, 0.5) is 17.1 Å². The molecular formula is C87H71N. The highest BCUT2D eigenvalue weighted by molar-refractivity contribution is 6.02. The maximum Gasteiger partial charge on any atom is 0.0462 e. The largest absolute Gasteiger partial charge is 0.311 e. The molecule has 11 aromatic carbocycles. The molecule has 88 heavy (non-hydrogen) atoms. The summed E-state index contributed by atoms with van der Waals surface area (Å²) in [6, 6.07) is 99.0. The predicted molar refractivity (Wildman–Crippen MR) is 373 cm³/mol. The van der Waals surface area contributed by atoms with Gasteiger partial charge < -0.3 is 4.90 Å². The lowest BCUT2D eigenvalue weighted by Gasteiger charge is -2.31. The monoisotopic (exact) mass is 1130 g/mol. The topological polar surface area (TPSA) is 3.24 Å². The number of anilines is 3. The van der Waals surface area contributed by atoms with Gasteiger partial charge in [-0.05, 0) is 188 Å². The van der Waals surface area contributed by atoms with E-state index in [2.05, 4.69) is 356 Å². The summed E-state index contributed by atoms with van der Waals surface area (Å²) in [5.74, 6) is 0.781. The summed E-state index contributed by atoms with van der Waals surface area (Å²) < 4.78 is 0. The van der Waals surface area contributed by atoms with Gasteiger partial charge in [-0.15, -0.1) is 0 Å². The summed E-state index contributed by atoms with van der Waals surface area (Å²) in [6.07, 6.45) is 16.5. The van der Waals surface area contributed by atoms with Crippen molar-refractivity contribution in [3.63, 3.8) is 0 Å². The van der Waals surface area contributed by atoms with Crippen molar-refractivity contribution in [2.45, 2.75) is 63.7 Å². The number of benzene rings is 11. The molecule has 1 heteroatoms. The average molecular weight is 1130 g/mol.